The van der Waals surface area contributed by atoms with Crippen molar-refractivity contribution in [1.82, 2.24) is 15.1 Å². The monoisotopic (exact) mass is 392 g/mol. The minimum Gasteiger partial charge on any atom is -0.497 e. The average Bonchev–Trinajstić information content (AvgIpc) is 2.73. The molecular formula is C20H32N4O4. The van der Waals surface area contributed by atoms with E-state index in [4.69, 9.17) is 19.2 Å². The van der Waals surface area contributed by atoms with Crippen LogP contribution in [0.1, 0.15) is 19.4 Å². The molecule has 0 saturated carbocycles. The molecule has 2 rings (SSSR count). The van der Waals surface area contributed by atoms with Crippen LogP contribution in [0.15, 0.2) is 23.2 Å². The first-order chi connectivity index (χ1) is 13.6. The molecule has 1 N–H and O–H groups in total. The minimum absolute atomic E-state index is 0.241. The van der Waals surface area contributed by atoms with Gasteiger partial charge in [0.1, 0.15) is 11.5 Å². The number of amides is 1. The van der Waals surface area contributed by atoms with Gasteiger partial charge < -0.3 is 29.3 Å². The molecule has 156 valence electrons. The Labute approximate surface area is 167 Å². The Morgan fingerprint density at radius 3 is 2.43 bits per heavy atom. The first-order valence-corrected chi connectivity index (χ1v) is 9.78. The van der Waals surface area contributed by atoms with Crippen molar-refractivity contribution in [3.8, 4) is 11.5 Å². The first kappa shape index (κ1) is 21.7. The Balaban J connectivity index is 1.97. The third kappa shape index (κ3) is 5.94. The molecule has 0 aliphatic carbocycles. The number of ether oxygens (including phenoxy) is 3. The lowest BCUT2D eigenvalue weighted by atomic mass is 10.1. The van der Waals surface area contributed by atoms with Gasteiger partial charge >= 0.3 is 6.09 Å². The maximum atomic E-state index is 11.9. The molecule has 1 saturated heterocycles. The van der Waals surface area contributed by atoms with Crippen molar-refractivity contribution >= 4 is 12.1 Å². The highest BCUT2D eigenvalue weighted by molar-refractivity contribution is 5.80. The van der Waals surface area contributed by atoms with Gasteiger partial charge in [0.05, 0.1) is 20.8 Å². The quantitative estimate of drug-likeness (QED) is 0.565. The zero-order valence-corrected chi connectivity index (χ0v) is 17.4. The smallest absolute Gasteiger partial charge is 0.409 e. The molecule has 0 unspecified atom stereocenters. The Hall–Kier alpha value is -2.64. The van der Waals surface area contributed by atoms with Crippen LogP contribution < -0.4 is 14.8 Å². The normalized spacial score (nSPS) is 14.6. The number of hydrogen-bond acceptors (Lipinski definition) is 5. The summed E-state index contributed by atoms with van der Waals surface area (Å²) in [6.45, 7) is 8.41. The predicted octanol–water partition coefficient (Wildman–Crippen LogP) is 1.99. The molecule has 0 radical (unpaired) electrons. The van der Waals surface area contributed by atoms with Crippen molar-refractivity contribution in [3.63, 3.8) is 0 Å². The van der Waals surface area contributed by atoms with E-state index in [0.29, 0.717) is 26.2 Å². The summed E-state index contributed by atoms with van der Waals surface area (Å²) in [7, 11) is 3.32. The standard InChI is InChI=1S/C20H32N4O4/c1-5-21-19(23-11-13-24(14-12-23)20(25)28-6-2)22-10-9-16-15-17(26-3)7-8-18(16)27-4/h7-8,15H,5-6,9-14H2,1-4H3,(H,21,22). The van der Waals surface area contributed by atoms with Gasteiger partial charge in [-0.1, -0.05) is 0 Å². The number of nitrogens with zero attached hydrogens (tertiary/aromatic N) is 3. The number of nitrogens with one attached hydrogen (secondary N) is 1. The number of benzene rings is 1. The number of carbonyl (C=O) groups is 1. The SMILES string of the molecule is CCNC(=NCCc1cc(OC)ccc1OC)N1CCN(C(=O)OCC)CC1. The zero-order chi connectivity index (χ0) is 20.4. The lowest BCUT2D eigenvalue weighted by molar-refractivity contribution is 0.0914. The van der Waals surface area contributed by atoms with Crippen LogP contribution in [-0.4, -0.2) is 81.9 Å². The summed E-state index contributed by atoms with van der Waals surface area (Å²) in [6.07, 6.45) is 0.507. The van der Waals surface area contributed by atoms with E-state index in [1.54, 1.807) is 19.1 Å². The van der Waals surface area contributed by atoms with E-state index in [2.05, 4.69) is 17.1 Å². The van der Waals surface area contributed by atoms with E-state index in [1.807, 2.05) is 25.1 Å². The van der Waals surface area contributed by atoms with E-state index in [-0.39, 0.29) is 6.09 Å². The topological polar surface area (TPSA) is 75.6 Å². The zero-order valence-electron chi connectivity index (χ0n) is 17.4. The lowest BCUT2D eigenvalue weighted by Crippen LogP contribution is -2.54. The van der Waals surface area contributed by atoms with Crippen molar-refractivity contribution in [1.29, 1.82) is 0 Å². The summed E-state index contributed by atoms with van der Waals surface area (Å²) in [6, 6.07) is 5.79. The van der Waals surface area contributed by atoms with Gasteiger partial charge in [-0.15, -0.1) is 0 Å². The molecule has 1 aliphatic heterocycles. The van der Waals surface area contributed by atoms with Crippen molar-refractivity contribution in [2.45, 2.75) is 20.3 Å². The highest BCUT2D eigenvalue weighted by atomic mass is 16.6. The maximum Gasteiger partial charge on any atom is 0.409 e. The van der Waals surface area contributed by atoms with Gasteiger partial charge in [0.25, 0.3) is 0 Å². The first-order valence-electron chi connectivity index (χ1n) is 9.78. The van der Waals surface area contributed by atoms with Crippen LogP contribution in [0, 0.1) is 0 Å². The van der Waals surface area contributed by atoms with Gasteiger partial charge in [-0.25, -0.2) is 4.79 Å². The largest absolute Gasteiger partial charge is 0.497 e. The maximum absolute atomic E-state index is 11.9. The summed E-state index contributed by atoms with van der Waals surface area (Å²) in [5, 5.41) is 3.34. The molecular weight excluding hydrogens is 360 g/mol. The fourth-order valence-corrected chi connectivity index (χ4v) is 3.10. The molecule has 1 aromatic rings. The summed E-state index contributed by atoms with van der Waals surface area (Å²) >= 11 is 0. The Kier molecular flexibility index (Phi) is 8.71. The minimum atomic E-state index is -0.241. The molecule has 1 aliphatic rings. The third-order valence-electron chi connectivity index (χ3n) is 4.57. The molecule has 8 nitrogen and oxygen atoms in total. The lowest BCUT2D eigenvalue weighted by Gasteiger charge is -2.35. The number of methoxy groups -OCH3 is 2. The van der Waals surface area contributed by atoms with Gasteiger partial charge in [0.2, 0.25) is 0 Å². The van der Waals surface area contributed by atoms with Crippen LogP contribution in [0.25, 0.3) is 0 Å². The number of piperazine rings is 1. The summed E-state index contributed by atoms with van der Waals surface area (Å²) < 4.78 is 15.8. The molecule has 0 bridgehead atoms. The number of guanidine groups is 1. The number of hydrogen-bond donors (Lipinski definition) is 1. The average molecular weight is 393 g/mol. The second-order valence-corrected chi connectivity index (χ2v) is 6.34. The van der Waals surface area contributed by atoms with Gasteiger partial charge in [-0.05, 0) is 44.0 Å². The van der Waals surface area contributed by atoms with E-state index >= 15 is 0 Å². The van der Waals surface area contributed by atoms with Crippen molar-refractivity contribution in [3.05, 3.63) is 23.8 Å². The van der Waals surface area contributed by atoms with Crippen LogP contribution in [0.2, 0.25) is 0 Å². The molecule has 0 spiro atoms. The highest BCUT2D eigenvalue weighted by Crippen LogP contribution is 2.24. The van der Waals surface area contributed by atoms with Gasteiger partial charge in [-0.2, -0.15) is 0 Å². The van der Waals surface area contributed by atoms with Gasteiger partial charge in [0, 0.05) is 39.3 Å². The van der Waals surface area contributed by atoms with Crippen molar-refractivity contribution in [2.75, 3.05) is 60.1 Å². The third-order valence-corrected chi connectivity index (χ3v) is 4.57. The van der Waals surface area contributed by atoms with Crippen molar-refractivity contribution in [2.24, 2.45) is 4.99 Å². The van der Waals surface area contributed by atoms with E-state index in [1.165, 1.54) is 0 Å². The molecule has 0 aromatic heterocycles. The number of aliphatic imine (C=N–C) groups is 1. The van der Waals surface area contributed by atoms with E-state index < -0.39 is 0 Å². The van der Waals surface area contributed by atoms with Crippen LogP contribution in [0.3, 0.4) is 0 Å². The Morgan fingerprint density at radius 2 is 1.82 bits per heavy atom. The van der Waals surface area contributed by atoms with Crippen LogP contribution in [-0.2, 0) is 11.2 Å². The fourth-order valence-electron chi connectivity index (χ4n) is 3.10. The molecule has 8 heteroatoms. The molecule has 1 aromatic carbocycles. The summed E-state index contributed by atoms with van der Waals surface area (Å²) in [4.78, 5) is 20.6. The van der Waals surface area contributed by atoms with Crippen molar-refractivity contribution < 1.29 is 19.0 Å². The Bertz CT molecular complexity index is 658. The van der Waals surface area contributed by atoms with E-state index in [9.17, 15) is 4.79 Å². The molecule has 28 heavy (non-hydrogen) atoms. The predicted molar refractivity (Wildman–Crippen MR) is 109 cm³/mol. The van der Waals surface area contributed by atoms with Crippen LogP contribution in [0.4, 0.5) is 4.79 Å². The fraction of sp³-hybridized carbons (Fsp3) is 0.600. The second kappa shape index (κ2) is 11.3. The summed E-state index contributed by atoms with van der Waals surface area (Å²) in [5.74, 6) is 2.51. The second-order valence-electron chi connectivity index (χ2n) is 6.34. The number of carbonyl (C=O) groups excluding carboxylic acids is 1. The molecule has 1 fully saturated rings. The van der Waals surface area contributed by atoms with Gasteiger partial charge in [0.15, 0.2) is 5.96 Å². The summed E-state index contributed by atoms with van der Waals surface area (Å²) in [5.41, 5.74) is 1.06. The number of rotatable bonds is 7. The Morgan fingerprint density at radius 1 is 1.11 bits per heavy atom. The van der Waals surface area contributed by atoms with Crippen LogP contribution >= 0.6 is 0 Å². The van der Waals surface area contributed by atoms with Crippen LogP contribution in [0.5, 0.6) is 11.5 Å². The highest BCUT2D eigenvalue weighted by Gasteiger charge is 2.23. The molecule has 1 heterocycles. The molecule has 0 atom stereocenters. The van der Waals surface area contributed by atoms with Gasteiger partial charge in [-0.3, -0.25) is 4.99 Å². The van der Waals surface area contributed by atoms with E-state index in [0.717, 1.165) is 49.1 Å². The molecule has 1 amide bonds.